The van der Waals surface area contributed by atoms with Gasteiger partial charge in [-0.15, -0.1) is 16.5 Å². The summed E-state index contributed by atoms with van der Waals surface area (Å²) in [6.45, 7) is 7.53. The lowest BCUT2D eigenvalue weighted by atomic mass is 9.87. The van der Waals surface area contributed by atoms with E-state index in [0.29, 0.717) is 17.7 Å². The number of rotatable bonds is 8. The summed E-state index contributed by atoms with van der Waals surface area (Å²) >= 11 is -0.145. The maximum absolute atomic E-state index is 13.7. The largest absolute Gasteiger partial charge is 0.598 e. The molecule has 0 spiro atoms. The van der Waals surface area contributed by atoms with Gasteiger partial charge in [0.15, 0.2) is 18.3 Å². The molecule has 11 heteroatoms. The second-order valence-corrected chi connectivity index (χ2v) is 15.9. The molecule has 0 aliphatic carbocycles. The fourth-order valence-electron chi connectivity index (χ4n) is 5.41. The molecule has 0 saturated carbocycles. The molecule has 0 radical (unpaired) electrons. The highest BCUT2D eigenvalue weighted by Gasteiger charge is 2.56. The molecule has 1 N–H and O–H groups in total. The number of esters is 3. The predicted molar refractivity (Wildman–Crippen MR) is 186 cm³/mol. The minimum Gasteiger partial charge on any atom is -0.598 e. The summed E-state index contributed by atoms with van der Waals surface area (Å²) in [7, 11) is 0. The van der Waals surface area contributed by atoms with Gasteiger partial charge < -0.3 is 23.5 Å². The quantitative estimate of drug-likeness (QED) is 0.128. The first-order chi connectivity index (χ1) is 23.0. The number of ether oxygens (including phenoxy) is 4. The molecule has 9 nitrogen and oxygen atoms in total. The van der Waals surface area contributed by atoms with Gasteiger partial charge in [0.25, 0.3) is 0 Å². The summed E-state index contributed by atoms with van der Waals surface area (Å²) < 4.78 is 41.6. The summed E-state index contributed by atoms with van der Waals surface area (Å²) in [5.74, 6) is -1.66. The molecule has 5 rings (SSSR count). The zero-order valence-electron chi connectivity index (χ0n) is 27.4. The van der Waals surface area contributed by atoms with Crippen molar-refractivity contribution in [2.45, 2.75) is 74.8 Å². The van der Waals surface area contributed by atoms with E-state index in [-0.39, 0.29) is 17.0 Å². The minimum atomic E-state index is -1.55. The lowest BCUT2D eigenvalue weighted by Gasteiger charge is -2.48. The van der Waals surface area contributed by atoms with Crippen LogP contribution < -0.4 is 4.72 Å². The van der Waals surface area contributed by atoms with E-state index in [1.54, 1.807) is 91.0 Å². The van der Waals surface area contributed by atoms with Gasteiger partial charge in [-0.1, -0.05) is 73.7 Å². The number of carbonyl (C=O) groups is 3. The lowest BCUT2D eigenvalue weighted by Crippen LogP contribution is -2.67. The molecule has 0 aromatic heterocycles. The Bertz CT molecular complexity index is 1550. The zero-order chi connectivity index (χ0) is 34.3. The Hall–Kier alpha value is -3.61. The van der Waals surface area contributed by atoms with Crippen molar-refractivity contribution < 1.29 is 37.9 Å². The van der Waals surface area contributed by atoms with Crippen LogP contribution >= 0.6 is 11.8 Å². The molecule has 8 atom stereocenters. The van der Waals surface area contributed by atoms with Crippen LogP contribution in [0.5, 0.6) is 0 Å². The third-order valence-corrected chi connectivity index (χ3v) is 10.8. The van der Waals surface area contributed by atoms with E-state index >= 15 is 0 Å². The molecule has 2 aliphatic heterocycles. The third-order valence-electron chi connectivity index (χ3n) is 8.01. The Morgan fingerprint density at radius 1 is 0.771 bits per heavy atom. The van der Waals surface area contributed by atoms with Gasteiger partial charge in [0.1, 0.15) is 16.3 Å². The van der Waals surface area contributed by atoms with Crippen LogP contribution in [0.4, 0.5) is 0 Å². The fourth-order valence-corrected chi connectivity index (χ4v) is 7.47. The monoisotopic (exact) mass is 691 g/mol. The lowest BCUT2D eigenvalue weighted by molar-refractivity contribution is -0.207. The molecule has 3 aromatic rings. The summed E-state index contributed by atoms with van der Waals surface area (Å²) in [5, 5.41) is 0. The Morgan fingerprint density at radius 3 is 1.71 bits per heavy atom. The van der Waals surface area contributed by atoms with Crippen molar-refractivity contribution in [3.05, 3.63) is 120 Å². The maximum atomic E-state index is 13.7. The van der Waals surface area contributed by atoms with E-state index in [2.05, 4.69) is 10.8 Å². The van der Waals surface area contributed by atoms with E-state index in [4.69, 9.17) is 18.9 Å². The number of thioether (sulfide) groups is 1. The molecule has 0 amide bonds. The average molecular weight is 692 g/mol. The van der Waals surface area contributed by atoms with E-state index in [9.17, 15) is 18.9 Å². The third kappa shape index (κ3) is 8.89. The summed E-state index contributed by atoms with van der Waals surface area (Å²) in [4.78, 5) is 41.1. The van der Waals surface area contributed by atoms with Crippen LogP contribution in [0.25, 0.3) is 0 Å². The van der Waals surface area contributed by atoms with Crippen molar-refractivity contribution in [3.8, 4) is 0 Å². The number of hydrogen-bond acceptors (Lipinski definition) is 10. The number of hydrogen-bond donors (Lipinski definition) is 1. The molecule has 254 valence electrons. The topological polar surface area (TPSA) is 123 Å². The van der Waals surface area contributed by atoms with Crippen molar-refractivity contribution >= 4 is 41.0 Å². The Morgan fingerprint density at radius 2 is 1.23 bits per heavy atom. The fraction of sp³-hybridized carbons (Fsp3) is 0.378. The SMILES string of the molecule is C[C@@H]1C=CCCS[C@H]2O[C@H]([C@@H]1N[S+]([O-])C(C)(C)C)[C@H](OC(=O)c1ccccc1)[C@H](OC(=O)c1ccccc1)[C@H]2OC(=O)c1ccccc1. The highest BCUT2D eigenvalue weighted by atomic mass is 32.2. The molecule has 1 unspecified atom stereocenters. The second-order valence-electron chi connectivity index (χ2n) is 12.6. The average Bonchev–Trinajstić information content (AvgIpc) is 3.09. The Balaban J connectivity index is 1.63. The summed E-state index contributed by atoms with van der Waals surface area (Å²) in [6, 6.07) is 24.7. The van der Waals surface area contributed by atoms with E-state index in [1.807, 2.05) is 33.8 Å². The molecule has 3 aromatic carbocycles. The first kappa shape index (κ1) is 35.7. The summed E-state index contributed by atoms with van der Waals surface area (Å²) in [5.41, 5.74) is 0.0172. The van der Waals surface area contributed by atoms with Crippen LogP contribution in [0.1, 0.15) is 65.2 Å². The molecule has 1 fully saturated rings. The number of carbonyl (C=O) groups excluding carboxylic acids is 3. The van der Waals surface area contributed by atoms with Crippen LogP contribution in [-0.2, 0) is 30.3 Å². The molecule has 2 heterocycles. The second kappa shape index (κ2) is 16.2. The first-order valence-corrected chi connectivity index (χ1v) is 18.1. The van der Waals surface area contributed by atoms with E-state index in [1.165, 1.54) is 11.8 Å². The van der Waals surface area contributed by atoms with Gasteiger partial charge in [0, 0.05) is 11.4 Å². The van der Waals surface area contributed by atoms with Crippen molar-refractivity contribution in [1.29, 1.82) is 0 Å². The van der Waals surface area contributed by atoms with Gasteiger partial charge in [-0.3, -0.25) is 0 Å². The normalized spacial score (nSPS) is 26.5. The van der Waals surface area contributed by atoms with E-state index < -0.39 is 69.9 Å². The van der Waals surface area contributed by atoms with Crippen molar-refractivity contribution in [1.82, 2.24) is 4.72 Å². The Labute approximate surface area is 289 Å². The zero-order valence-corrected chi connectivity index (χ0v) is 29.0. The van der Waals surface area contributed by atoms with Crippen LogP contribution in [0.15, 0.2) is 103 Å². The van der Waals surface area contributed by atoms with Crippen LogP contribution in [0.3, 0.4) is 0 Å². The van der Waals surface area contributed by atoms with Gasteiger partial charge >= 0.3 is 17.9 Å². The van der Waals surface area contributed by atoms with Gasteiger partial charge in [0.05, 0.1) is 22.7 Å². The van der Waals surface area contributed by atoms with Gasteiger partial charge in [-0.05, 0) is 75.3 Å². The molecule has 2 aliphatic rings. The number of benzene rings is 3. The van der Waals surface area contributed by atoms with E-state index in [0.717, 1.165) is 0 Å². The van der Waals surface area contributed by atoms with Crippen molar-refractivity contribution in [3.63, 3.8) is 0 Å². The van der Waals surface area contributed by atoms with Gasteiger partial charge in [0.2, 0.25) is 0 Å². The highest BCUT2D eigenvalue weighted by molar-refractivity contribution is 7.99. The van der Waals surface area contributed by atoms with Crippen LogP contribution in [0, 0.1) is 5.92 Å². The maximum Gasteiger partial charge on any atom is 0.338 e. The van der Waals surface area contributed by atoms with Crippen LogP contribution in [0.2, 0.25) is 0 Å². The highest BCUT2D eigenvalue weighted by Crippen LogP contribution is 2.39. The Kier molecular flexibility index (Phi) is 12.0. The molecular formula is C37H41NO8S2. The number of allylic oxidation sites excluding steroid dienone is 1. The van der Waals surface area contributed by atoms with Crippen LogP contribution in [-0.4, -0.2) is 68.9 Å². The van der Waals surface area contributed by atoms with Crippen molar-refractivity contribution in [2.75, 3.05) is 5.75 Å². The number of fused-ring (bicyclic) bond motifs is 2. The smallest absolute Gasteiger partial charge is 0.338 e. The molecular weight excluding hydrogens is 651 g/mol. The van der Waals surface area contributed by atoms with Gasteiger partial charge in [-0.2, -0.15) is 0 Å². The molecule has 48 heavy (non-hydrogen) atoms. The van der Waals surface area contributed by atoms with Crippen molar-refractivity contribution in [2.24, 2.45) is 5.92 Å². The first-order valence-electron chi connectivity index (χ1n) is 15.9. The molecule has 2 bridgehead atoms. The number of nitrogens with one attached hydrogen (secondary N) is 1. The molecule has 1 saturated heterocycles. The predicted octanol–water partition coefficient (Wildman–Crippen LogP) is 6.14. The minimum absolute atomic E-state index is 0.253. The standard InChI is InChI=1S/C37H41NO8S2/c1-24-16-14-15-23-47-36-32(45-35(41)27-21-12-7-13-22-27)31(44-34(40)26-19-10-6-11-20-26)30(43-33(39)25-17-8-5-9-18-25)29(46-36)28(24)38-48(42)37(2,3)4/h5-14,16-22,24,28-32,36,38H,15,23H2,1-4H3/t24-,28-,29-,30+,31+,32-,36-,48?/m1/s1. The summed E-state index contributed by atoms with van der Waals surface area (Å²) in [6.07, 6.45) is 0.0418. The van der Waals surface area contributed by atoms with Gasteiger partial charge in [-0.25, -0.2) is 14.4 Å².